The summed E-state index contributed by atoms with van der Waals surface area (Å²) in [5.74, 6) is 0. The highest BCUT2D eigenvalue weighted by Gasteiger charge is 2.09. The van der Waals surface area contributed by atoms with Crippen LogP contribution in [0.4, 0.5) is 0 Å². The Hall–Kier alpha value is -1.20. The van der Waals surface area contributed by atoms with Crippen molar-refractivity contribution in [3.63, 3.8) is 0 Å². The molecule has 0 bridgehead atoms. The van der Waals surface area contributed by atoms with Crippen LogP contribution in [0.25, 0.3) is 0 Å². The zero-order chi connectivity index (χ0) is 12.4. The minimum atomic E-state index is 0.467. The highest BCUT2D eigenvalue weighted by Crippen LogP contribution is 2.20. The summed E-state index contributed by atoms with van der Waals surface area (Å²) < 4.78 is 3.01. The third kappa shape index (κ3) is 2.56. The summed E-state index contributed by atoms with van der Waals surface area (Å²) in [5, 5.41) is 4.46. The van der Waals surface area contributed by atoms with Crippen LogP contribution >= 0.6 is 15.9 Å². The number of rotatable bonds is 3. The summed E-state index contributed by atoms with van der Waals surface area (Å²) in [6.07, 6.45) is 0. The van der Waals surface area contributed by atoms with E-state index in [0.717, 1.165) is 27.2 Å². The lowest BCUT2D eigenvalue weighted by molar-refractivity contribution is 0.644. The van der Waals surface area contributed by atoms with Crippen LogP contribution in [0.1, 0.15) is 22.8 Å². The van der Waals surface area contributed by atoms with E-state index in [-0.39, 0.29) is 0 Å². The van der Waals surface area contributed by atoms with Crippen molar-refractivity contribution in [1.82, 2.24) is 14.8 Å². The van der Waals surface area contributed by atoms with Crippen molar-refractivity contribution in [2.75, 3.05) is 0 Å². The molecular weight excluding hydrogens is 280 g/mol. The van der Waals surface area contributed by atoms with Gasteiger partial charge in [-0.25, -0.2) is 0 Å². The third-order valence-corrected chi connectivity index (χ3v) is 3.83. The van der Waals surface area contributed by atoms with Crippen LogP contribution in [0.15, 0.2) is 22.7 Å². The van der Waals surface area contributed by atoms with Gasteiger partial charge in [-0.2, -0.15) is 5.10 Å². The third-order valence-electron chi connectivity index (χ3n) is 2.68. The van der Waals surface area contributed by atoms with Gasteiger partial charge in [0.25, 0.3) is 0 Å². The van der Waals surface area contributed by atoms with Gasteiger partial charge in [0.15, 0.2) is 0 Å². The molecule has 0 saturated heterocycles. The number of aryl methyl sites for hydroxylation is 1. The molecule has 0 spiro atoms. The van der Waals surface area contributed by atoms with Crippen molar-refractivity contribution in [3.05, 3.63) is 45.4 Å². The van der Waals surface area contributed by atoms with Gasteiger partial charge < -0.3 is 5.73 Å². The van der Waals surface area contributed by atoms with Crippen LogP contribution in [0, 0.1) is 13.8 Å². The second-order valence-corrected chi connectivity index (χ2v) is 4.76. The average Bonchev–Trinajstić information content (AvgIpc) is 2.57. The number of hydrogen-bond acceptors (Lipinski definition) is 3. The number of nitrogens with zero attached hydrogens (tertiary/aromatic N) is 3. The maximum absolute atomic E-state index is 5.58. The Morgan fingerprint density at radius 2 is 2.00 bits per heavy atom. The molecule has 2 N–H and O–H groups in total. The first-order valence-electron chi connectivity index (χ1n) is 5.46. The molecule has 2 aromatic rings. The van der Waals surface area contributed by atoms with E-state index in [2.05, 4.69) is 26.0 Å². The first-order chi connectivity index (χ1) is 8.11. The fourth-order valence-electron chi connectivity index (χ4n) is 1.71. The van der Waals surface area contributed by atoms with Gasteiger partial charge in [-0.3, -0.25) is 9.67 Å². The van der Waals surface area contributed by atoms with E-state index < -0.39 is 0 Å². The summed E-state index contributed by atoms with van der Waals surface area (Å²) in [4.78, 5) is 4.47. The fourth-order valence-corrected chi connectivity index (χ4v) is 2.00. The van der Waals surface area contributed by atoms with Crippen molar-refractivity contribution in [1.29, 1.82) is 0 Å². The molecule has 0 radical (unpaired) electrons. The molecular formula is C12H15BrN4. The molecule has 2 aromatic heterocycles. The van der Waals surface area contributed by atoms with Crippen LogP contribution in [-0.4, -0.2) is 14.8 Å². The summed E-state index contributed by atoms with van der Waals surface area (Å²) in [6, 6.07) is 5.90. The van der Waals surface area contributed by atoms with Gasteiger partial charge in [0.2, 0.25) is 0 Å². The summed E-state index contributed by atoms with van der Waals surface area (Å²) >= 11 is 3.52. The molecule has 4 nitrogen and oxygen atoms in total. The Morgan fingerprint density at radius 1 is 1.29 bits per heavy atom. The van der Waals surface area contributed by atoms with Gasteiger partial charge in [0.05, 0.1) is 33.8 Å². The highest BCUT2D eigenvalue weighted by atomic mass is 79.9. The maximum Gasteiger partial charge on any atom is 0.0835 e. The molecule has 0 amide bonds. The quantitative estimate of drug-likeness (QED) is 0.944. The Bertz CT molecular complexity index is 533. The van der Waals surface area contributed by atoms with E-state index in [1.807, 2.05) is 36.7 Å². The van der Waals surface area contributed by atoms with E-state index in [9.17, 15) is 0 Å². The van der Waals surface area contributed by atoms with Crippen LogP contribution in [0.2, 0.25) is 0 Å². The standard InChI is InChI=1S/C12H15BrN4/c1-8-12(13)9(2)17(16-8)7-11-5-3-4-10(6-14)15-11/h3-5H,6-7,14H2,1-2H3. The molecule has 17 heavy (non-hydrogen) atoms. The average molecular weight is 295 g/mol. The highest BCUT2D eigenvalue weighted by molar-refractivity contribution is 9.10. The monoisotopic (exact) mass is 294 g/mol. The van der Waals surface area contributed by atoms with E-state index in [1.165, 1.54) is 0 Å². The lowest BCUT2D eigenvalue weighted by atomic mass is 10.3. The van der Waals surface area contributed by atoms with E-state index in [4.69, 9.17) is 5.73 Å². The summed E-state index contributed by atoms with van der Waals surface area (Å²) in [7, 11) is 0. The maximum atomic E-state index is 5.58. The smallest absolute Gasteiger partial charge is 0.0835 e. The molecule has 0 aliphatic rings. The molecule has 0 aromatic carbocycles. The van der Waals surface area contributed by atoms with Gasteiger partial charge in [-0.15, -0.1) is 0 Å². The predicted molar refractivity (Wildman–Crippen MR) is 70.6 cm³/mol. The first-order valence-corrected chi connectivity index (χ1v) is 6.25. The topological polar surface area (TPSA) is 56.7 Å². The second-order valence-electron chi connectivity index (χ2n) is 3.97. The van der Waals surface area contributed by atoms with E-state index in [0.29, 0.717) is 13.1 Å². The largest absolute Gasteiger partial charge is 0.325 e. The van der Waals surface area contributed by atoms with Crippen molar-refractivity contribution in [2.24, 2.45) is 5.73 Å². The number of halogens is 1. The molecule has 90 valence electrons. The SMILES string of the molecule is Cc1nn(Cc2cccc(CN)n2)c(C)c1Br. The minimum absolute atomic E-state index is 0.467. The molecule has 0 fully saturated rings. The summed E-state index contributed by atoms with van der Waals surface area (Å²) in [5.41, 5.74) is 9.57. The van der Waals surface area contributed by atoms with E-state index >= 15 is 0 Å². The Morgan fingerprint density at radius 3 is 2.59 bits per heavy atom. The fraction of sp³-hybridized carbons (Fsp3) is 0.333. The van der Waals surface area contributed by atoms with Crippen molar-refractivity contribution in [3.8, 4) is 0 Å². The van der Waals surface area contributed by atoms with Crippen LogP contribution in [0.3, 0.4) is 0 Å². The molecule has 0 aliphatic heterocycles. The van der Waals surface area contributed by atoms with Crippen LogP contribution < -0.4 is 5.73 Å². The molecule has 0 saturated carbocycles. The van der Waals surface area contributed by atoms with Crippen molar-refractivity contribution >= 4 is 15.9 Å². The van der Waals surface area contributed by atoms with Crippen molar-refractivity contribution < 1.29 is 0 Å². The van der Waals surface area contributed by atoms with Gasteiger partial charge in [-0.1, -0.05) is 6.07 Å². The Kier molecular flexibility index (Phi) is 3.59. The van der Waals surface area contributed by atoms with Gasteiger partial charge in [0, 0.05) is 6.54 Å². The second kappa shape index (κ2) is 4.98. The minimum Gasteiger partial charge on any atom is -0.325 e. The Labute approximate surface area is 109 Å². The molecule has 2 heterocycles. The van der Waals surface area contributed by atoms with Gasteiger partial charge >= 0.3 is 0 Å². The molecule has 2 rings (SSSR count). The van der Waals surface area contributed by atoms with Gasteiger partial charge in [0.1, 0.15) is 0 Å². The zero-order valence-electron chi connectivity index (χ0n) is 9.94. The lowest BCUT2D eigenvalue weighted by Gasteiger charge is -2.05. The number of hydrogen-bond donors (Lipinski definition) is 1. The lowest BCUT2D eigenvalue weighted by Crippen LogP contribution is -2.08. The predicted octanol–water partition coefficient (Wildman–Crippen LogP) is 2.16. The summed E-state index contributed by atoms with van der Waals surface area (Å²) in [6.45, 7) is 5.16. The molecule has 0 unspecified atom stereocenters. The number of nitrogens with two attached hydrogens (primary N) is 1. The van der Waals surface area contributed by atoms with Crippen LogP contribution in [0.5, 0.6) is 0 Å². The number of aromatic nitrogens is 3. The van der Waals surface area contributed by atoms with Gasteiger partial charge in [-0.05, 0) is 41.9 Å². The van der Waals surface area contributed by atoms with Crippen molar-refractivity contribution in [2.45, 2.75) is 26.9 Å². The van der Waals surface area contributed by atoms with Crippen LogP contribution in [-0.2, 0) is 13.1 Å². The molecule has 0 aliphatic carbocycles. The molecule has 5 heteroatoms. The molecule has 0 atom stereocenters. The Balaban J connectivity index is 2.28. The number of pyridine rings is 1. The zero-order valence-corrected chi connectivity index (χ0v) is 11.5. The first kappa shape index (κ1) is 12.3. The van der Waals surface area contributed by atoms with E-state index in [1.54, 1.807) is 0 Å². The normalized spacial score (nSPS) is 10.8.